The number of nitrogens with zero attached hydrogens (tertiary/aromatic N) is 15. The molecule has 2 atom stereocenters. The van der Waals surface area contributed by atoms with Crippen molar-refractivity contribution in [2.45, 2.75) is 376 Å². The number of fused-ring (bicyclic) bond motifs is 3. The zero-order valence-corrected chi connectivity index (χ0v) is 80.7. The van der Waals surface area contributed by atoms with Crippen LogP contribution in [-0.2, 0) is 19.3 Å². The highest BCUT2D eigenvalue weighted by atomic mass is 16.5. The van der Waals surface area contributed by atoms with Gasteiger partial charge in [0.15, 0.2) is 17.5 Å². The van der Waals surface area contributed by atoms with Gasteiger partial charge >= 0.3 is 0 Å². The number of hydrogen-bond donors (Lipinski definition) is 0. The van der Waals surface area contributed by atoms with Gasteiger partial charge in [-0.2, -0.15) is 29.3 Å². The summed E-state index contributed by atoms with van der Waals surface area (Å²) in [5.41, 5.74) is 18.2. The molecule has 0 fully saturated rings. The third kappa shape index (κ3) is 26.5. The summed E-state index contributed by atoms with van der Waals surface area (Å²) >= 11 is 0. The summed E-state index contributed by atoms with van der Waals surface area (Å²) in [5.74, 6) is 3.47. The summed E-state index contributed by atoms with van der Waals surface area (Å²) in [6, 6.07) is 19.0. The Morgan fingerprint density at radius 2 is 0.639 bits per heavy atom. The summed E-state index contributed by atoms with van der Waals surface area (Å²) in [7, 11) is 1.66. The highest BCUT2D eigenvalue weighted by molar-refractivity contribution is 6.51. The third-order valence-corrected chi connectivity index (χ3v) is 24.8. The Labute approximate surface area is 736 Å². The van der Waals surface area contributed by atoms with Gasteiger partial charge in [-0.05, 0) is 203 Å². The molecule has 672 valence electrons. The number of aromatic nitrogens is 6. The molecule has 9 rings (SSSR count). The number of unbranched alkanes of at least 4 members (excludes halogenated alkanes) is 19. The minimum absolute atomic E-state index is 0.00848. The maximum absolute atomic E-state index is 14.2. The van der Waals surface area contributed by atoms with Crippen molar-refractivity contribution in [3.8, 4) is 5.75 Å². The second kappa shape index (κ2) is 51.7. The number of aryl methyl sites for hydroxylation is 2. The topological polar surface area (TPSA) is 198 Å². The lowest BCUT2D eigenvalue weighted by Gasteiger charge is -2.22. The summed E-state index contributed by atoms with van der Waals surface area (Å²) < 4.78 is 10.4. The zero-order valence-electron chi connectivity index (χ0n) is 80.7. The molecule has 19 nitrogen and oxygen atoms in total. The van der Waals surface area contributed by atoms with Crippen LogP contribution in [0.4, 0.5) is 34.1 Å². The Kier molecular flexibility index (Phi) is 42.6. The van der Waals surface area contributed by atoms with Crippen molar-refractivity contribution in [2.75, 3.05) is 61.1 Å². The van der Waals surface area contributed by atoms with Crippen LogP contribution >= 0.6 is 0 Å². The van der Waals surface area contributed by atoms with Crippen LogP contribution in [0.2, 0.25) is 0 Å². The maximum Gasteiger partial charge on any atom is 0.277 e. The van der Waals surface area contributed by atoms with Crippen LogP contribution in [0.5, 0.6) is 5.75 Å². The van der Waals surface area contributed by atoms with Crippen molar-refractivity contribution in [1.29, 1.82) is 0 Å². The second-order valence-electron chi connectivity index (χ2n) is 35.3. The van der Waals surface area contributed by atoms with E-state index >= 15 is 0 Å². The van der Waals surface area contributed by atoms with Crippen LogP contribution in [0.15, 0.2) is 99.3 Å². The average molecular weight is 1670 g/mol. The van der Waals surface area contributed by atoms with Crippen LogP contribution in [-0.4, -0.2) is 110 Å². The molecule has 6 aromatic rings. The van der Waals surface area contributed by atoms with E-state index in [4.69, 9.17) is 50.0 Å². The number of aliphatic imine (C=N–C) groups is 3. The number of rotatable bonds is 50. The van der Waals surface area contributed by atoms with Crippen molar-refractivity contribution < 1.29 is 4.74 Å². The third-order valence-electron chi connectivity index (χ3n) is 24.8. The van der Waals surface area contributed by atoms with Gasteiger partial charge in [0.05, 0.1) is 52.7 Å². The van der Waals surface area contributed by atoms with E-state index in [-0.39, 0.29) is 52.2 Å². The zero-order chi connectivity index (χ0) is 89.1. The van der Waals surface area contributed by atoms with E-state index in [1.165, 1.54) is 106 Å². The lowest BCUT2D eigenvalue weighted by atomic mass is 9.90. The molecule has 3 aliphatic rings. The van der Waals surface area contributed by atoms with Gasteiger partial charge in [0, 0.05) is 90.9 Å². The first-order chi connectivity index (χ1) is 58.9. The highest BCUT2D eigenvalue weighted by Crippen LogP contribution is 2.37. The summed E-state index contributed by atoms with van der Waals surface area (Å²) in [4.78, 5) is 79.8. The van der Waals surface area contributed by atoms with Gasteiger partial charge in [-0.3, -0.25) is 14.4 Å². The molecule has 3 aromatic heterocycles. The maximum atomic E-state index is 14.2. The van der Waals surface area contributed by atoms with Crippen LogP contribution in [0.25, 0.3) is 0 Å². The van der Waals surface area contributed by atoms with Crippen molar-refractivity contribution in [1.82, 2.24) is 29.0 Å². The second-order valence-corrected chi connectivity index (χ2v) is 35.3. The van der Waals surface area contributed by atoms with Crippen molar-refractivity contribution >= 4 is 68.4 Å². The van der Waals surface area contributed by atoms with E-state index in [1.54, 1.807) is 16.5 Å². The molecule has 122 heavy (non-hydrogen) atoms. The fourth-order valence-electron chi connectivity index (χ4n) is 17.2. The van der Waals surface area contributed by atoms with Crippen molar-refractivity contribution in [3.05, 3.63) is 148 Å². The summed E-state index contributed by atoms with van der Waals surface area (Å²) in [6.07, 6.45) is 35.3. The smallest absolute Gasteiger partial charge is 0.277 e. The van der Waals surface area contributed by atoms with E-state index in [9.17, 15) is 14.4 Å². The molecule has 3 aliphatic heterocycles. The lowest BCUT2D eigenvalue weighted by Crippen LogP contribution is -2.28. The van der Waals surface area contributed by atoms with Crippen LogP contribution in [0, 0.1) is 31.6 Å². The molecule has 0 bridgehead atoms. The molecule has 0 spiro atoms. The number of anilines is 3. The Balaban J connectivity index is 0.000000253. The fraction of sp³-hybridized carbons (Fsp3) is 0.650. The van der Waals surface area contributed by atoms with Gasteiger partial charge in [0.1, 0.15) is 28.6 Å². The van der Waals surface area contributed by atoms with Gasteiger partial charge in [-0.25, -0.2) is 29.9 Å². The van der Waals surface area contributed by atoms with E-state index < -0.39 is 0 Å². The Bertz CT molecular complexity index is 4670. The number of methoxy groups -OCH3 is 1. The van der Waals surface area contributed by atoms with Crippen molar-refractivity contribution in [3.63, 3.8) is 0 Å². The van der Waals surface area contributed by atoms with Gasteiger partial charge in [-0.15, -0.1) is 0 Å². The van der Waals surface area contributed by atoms with E-state index in [0.29, 0.717) is 34.6 Å². The molecule has 0 saturated heterocycles. The van der Waals surface area contributed by atoms with Gasteiger partial charge in [0.2, 0.25) is 0 Å². The largest absolute Gasteiger partial charge is 0.494 e. The normalized spacial score (nSPS) is 14.3. The highest BCUT2D eigenvalue weighted by Gasteiger charge is 2.36. The first-order valence-electron chi connectivity index (χ1n) is 48.5. The molecule has 2 unspecified atom stereocenters. The Hall–Kier alpha value is -8.48. The Morgan fingerprint density at radius 1 is 0.344 bits per heavy atom. The molecule has 0 amide bonds. The minimum atomic E-state index is -0.0589. The Morgan fingerprint density at radius 3 is 0.959 bits per heavy atom. The van der Waals surface area contributed by atoms with Crippen LogP contribution < -0.4 is 36.1 Å². The minimum Gasteiger partial charge on any atom is -0.494 e. The first-order valence-corrected chi connectivity index (χ1v) is 48.5. The average Bonchev–Trinajstić information content (AvgIpc) is 1.60. The number of ether oxygens (including phenoxy) is 1. The summed E-state index contributed by atoms with van der Waals surface area (Å²) in [5, 5.41) is 14.6. The summed E-state index contributed by atoms with van der Waals surface area (Å²) in [6.45, 7) is 55.5. The molecule has 0 N–H and O–H groups in total. The SMILES string of the molecule is CCCCCCCCCCCCc1c(C(CC)CCCC)nc2n(c1=O)N=C(C(C)C)C2=Nc1ccc(N(CC)CC)cc1C.CCCCCCCc1c(C(C)C)nc2n(c1=O)N=C(C(C)C)C2=Nc1ccc(N(CC)CC)cc1OC.CCCCCCCc1c(C(C)C)nc2n(c1=O)N=C(C(CC)CCCC)C2=Nc1ccc(N(CC)CC)cc1C. The molecule has 0 radical (unpaired) electrons. The van der Waals surface area contributed by atoms with Gasteiger partial charge in [0.25, 0.3) is 16.7 Å². The molecule has 0 aliphatic carbocycles. The van der Waals surface area contributed by atoms with Crippen molar-refractivity contribution in [2.24, 2.45) is 48.0 Å². The van der Waals surface area contributed by atoms with E-state index in [1.807, 2.05) is 12.1 Å². The van der Waals surface area contributed by atoms with Gasteiger partial charge in [-0.1, -0.05) is 239 Å². The quantitative estimate of drug-likeness (QED) is 0.0331. The monoisotopic (exact) mass is 1670 g/mol. The van der Waals surface area contributed by atoms with Gasteiger partial charge < -0.3 is 19.4 Å². The molecular formula is C103H161N15O4. The van der Waals surface area contributed by atoms with E-state index in [2.05, 4.69) is 216 Å². The van der Waals surface area contributed by atoms with Crippen LogP contribution in [0.1, 0.15) is 405 Å². The lowest BCUT2D eigenvalue weighted by molar-refractivity contribution is 0.416. The predicted molar refractivity (Wildman–Crippen MR) is 523 cm³/mol. The molecule has 3 aromatic carbocycles. The molecule has 19 heteroatoms. The van der Waals surface area contributed by atoms with E-state index in [0.717, 1.165) is 239 Å². The molecule has 6 heterocycles. The first kappa shape index (κ1) is 101. The van der Waals surface area contributed by atoms with Crippen LogP contribution in [0.3, 0.4) is 0 Å². The predicted octanol–water partition coefficient (Wildman–Crippen LogP) is 25.9. The molecular weight excluding hydrogens is 1510 g/mol. The fourth-order valence-corrected chi connectivity index (χ4v) is 17.2. The number of benzene rings is 3. The standard InChI is InChI=1S/C39H63N5O.C34H53N5O.C30H45N5O2/c1-9-14-16-17-18-19-20-21-22-23-25-33-36(31(11-3)24-15-10-2)41-38-37(35(29(6)7)42-44(38)39(33)45)40-34-27-26-32(28-30(34)8)43(12-4)13-5;1-9-14-16-17-18-20-28-30(24(6)7)36-33-32(31(37-39(33)34(28)40)26(11-3)19-15-10-2)35-29-22-21-27(23-25(29)8)38(12-4)13-5;1-9-12-13-14-15-16-23-26(20(4)5)32-29-28(27(21(6)7)33-35(29)30(23)36)31-24-18-17-22(19-25(24)37-8)34(10-2)11-3/h26-29,31H,9-25H2,1-8H3;21-24,26H,9-20H2,1-8H3;17-21H,9-16H2,1-8H3. The number of hydrogen-bond acceptors (Lipinski definition) is 16. The molecule has 0 saturated carbocycles.